The molecule has 0 aliphatic heterocycles. The maximum atomic E-state index is 12.5. The fourth-order valence-corrected chi connectivity index (χ4v) is 7.66. The lowest BCUT2D eigenvalue weighted by Crippen LogP contribution is -2.25. The first-order valence-electron chi connectivity index (χ1n) is 19.2. The Morgan fingerprint density at radius 2 is 1.25 bits per heavy atom. The molecule has 6 nitrogen and oxygen atoms in total. The first kappa shape index (κ1) is 40.0. The van der Waals surface area contributed by atoms with Gasteiger partial charge in [0.15, 0.2) is 0 Å². The topological polar surface area (TPSA) is 93.1 Å². The highest BCUT2D eigenvalue weighted by Gasteiger charge is 2.31. The Morgan fingerprint density at radius 1 is 0.750 bits per heavy atom. The zero-order valence-corrected chi connectivity index (χ0v) is 30.4. The van der Waals surface area contributed by atoms with Crippen LogP contribution in [0.15, 0.2) is 48.6 Å². The summed E-state index contributed by atoms with van der Waals surface area (Å²) in [5.74, 6) is 2.35. The van der Waals surface area contributed by atoms with Gasteiger partial charge >= 0.3 is 11.9 Å². The number of hydrogen-bond acceptors (Lipinski definition) is 6. The van der Waals surface area contributed by atoms with Crippen LogP contribution in [0.3, 0.4) is 0 Å². The summed E-state index contributed by atoms with van der Waals surface area (Å²) in [7, 11) is 0. The normalized spacial score (nSPS) is 23.1. The molecule has 2 aliphatic carbocycles. The zero-order valence-electron chi connectivity index (χ0n) is 30.4. The summed E-state index contributed by atoms with van der Waals surface area (Å²) in [5, 5.41) is 19.1. The van der Waals surface area contributed by atoms with E-state index in [0.29, 0.717) is 49.2 Å². The highest BCUT2D eigenvalue weighted by atomic mass is 16.5. The van der Waals surface area contributed by atoms with Gasteiger partial charge in [-0.05, 0) is 126 Å². The number of rotatable bonds is 21. The van der Waals surface area contributed by atoms with E-state index in [4.69, 9.17) is 9.47 Å². The van der Waals surface area contributed by atoms with Crippen LogP contribution in [-0.4, -0.2) is 47.6 Å². The highest BCUT2D eigenvalue weighted by molar-refractivity contribution is 5.88. The molecule has 0 spiro atoms. The van der Waals surface area contributed by atoms with Gasteiger partial charge in [-0.2, -0.15) is 0 Å². The van der Waals surface area contributed by atoms with Crippen molar-refractivity contribution >= 4 is 11.9 Å². The number of esters is 2. The van der Waals surface area contributed by atoms with Gasteiger partial charge < -0.3 is 19.7 Å². The molecule has 0 saturated heterocycles. The molecule has 2 aliphatic rings. The van der Waals surface area contributed by atoms with Crippen LogP contribution in [0.1, 0.15) is 147 Å². The van der Waals surface area contributed by atoms with Crippen molar-refractivity contribution in [1.82, 2.24) is 0 Å². The Labute approximate surface area is 291 Å². The number of carbonyl (C=O) groups excluding carboxylic acids is 2. The van der Waals surface area contributed by atoms with Gasteiger partial charge in [-0.3, -0.25) is 0 Å². The molecule has 2 unspecified atom stereocenters. The molecular formula is C42H66O6. The van der Waals surface area contributed by atoms with E-state index in [1.54, 1.807) is 13.8 Å². The summed E-state index contributed by atoms with van der Waals surface area (Å²) in [4.78, 5) is 25.1. The summed E-state index contributed by atoms with van der Waals surface area (Å²) >= 11 is 0. The van der Waals surface area contributed by atoms with E-state index in [-0.39, 0.29) is 19.1 Å². The van der Waals surface area contributed by atoms with Crippen LogP contribution in [0.5, 0.6) is 0 Å². The third kappa shape index (κ3) is 14.6. The van der Waals surface area contributed by atoms with Gasteiger partial charge in [0, 0.05) is 17.1 Å². The fourth-order valence-electron chi connectivity index (χ4n) is 7.66. The molecule has 6 heteroatoms. The van der Waals surface area contributed by atoms with Gasteiger partial charge in [0.25, 0.3) is 0 Å². The summed E-state index contributed by atoms with van der Waals surface area (Å²) in [6.45, 7) is 13.5. The van der Waals surface area contributed by atoms with Gasteiger partial charge in [-0.1, -0.05) is 82.9 Å². The maximum Gasteiger partial charge on any atom is 0.333 e. The molecule has 0 amide bonds. The number of unbranched alkanes of at least 4 members (excludes halogenated alkanes) is 2. The van der Waals surface area contributed by atoms with E-state index in [1.807, 2.05) is 0 Å². The lowest BCUT2D eigenvalue weighted by molar-refractivity contribution is -0.144. The van der Waals surface area contributed by atoms with Crippen LogP contribution < -0.4 is 0 Å². The predicted molar refractivity (Wildman–Crippen MR) is 195 cm³/mol. The molecule has 2 N–H and O–H groups in total. The standard InChI is InChI=1S/C42H66O6/c1-6-7-8-9-34-16-20-37(21-17-34)39-24-26-40(27-25-39)38-22-18-35(19-23-38)14-15-36(28-47-41(45)30(2)10-12-32(4)43)29-48-42(46)31(3)11-13-33(5)44/h18-19,22-23,32-34,36-37,39-40,43-44H,2-3,6-17,20-21,24-29H2,1,4-5H3. The van der Waals surface area contributed by atoms with Crippen LogP contribution in [0.4, 0.5) is 0 Å². The number of hydrogen-bond donors (Lipinski definition) is 2. The number of carbonyl (C=O) groups is 2. The van der Waals surface area contributed by atoms with E-state index in [0.717, 1.165) is 24.2 Å². The number of benzene rings is 1. The lowest BCUT2D eigenvalue weighted by atomic mass is 9.68. The molecule has 1 aromatic carbocycles. The van der Waals surface area contributed by atoms with E-state index < -0.39 is 24.1 Å². The average Bonchev–Trinajstić information content (AvgIpc) is 3.09. The molecule has 0 radical (unpaired) electrons. The fraction of sp³-hybridized carbons (Fsp3) is 0.714. The minimum absolute atomic E-state index is 0.113. The van der Waals surface area contributed by atoms with Gasteiger partial charge in [0.2, 0.25) is 0 Å². The first-order valence-corrected chi connectivity index (χ1v) is 19.2. The Bertz CT molecular complexity index is 1070. The molecule has 0 bridgehead atoms. The summed E-state index contributed by atoms with van der Waals surface area (Å²) in [6, 6.07) is 9.06. The molecule has 2 saturated carbocycles. The molecule has 1 aromatic rings. The number of ether oxygens (including phenoxy) is 2. The largest absolute Gasteiger partial charge is 0.462 e. The molecular weight excluding hydrogens is 600 g/mol. The van der Waals surface area contributed by atoms with E-state index in [2.05, 4.69) is 44.3 Å². The van der Waals surface area contributed by atoms with Crippen LogP contribution in [0, 0.1) is 23.7 Å². The zero-order chi connectivity index (χ0) is 34.9. The van der Waals surface area contributed by atoms with Crippen molar-refractivity contribution in [2.75, 3.05) is 13.2 Å². The molecule has 270 valence electrons. The van der Waals surface area contributed by atoms with Crippen LogP contribution in [0.2, 0.25) is 0 Å². The van der Waals surface area contributed by atoms with Gasteiger partial charge in [-0.15, -0.1) is 0 Å². The Kier molecular flexibility index (Phi) is 18.0. The Morgan fingerprint density at radius 3 is 1.73 bits per heavy atom. The predicted octanol–water partition coefficient (Wildman–Crippen LogP) is 9.42. The molecule has 0 heterocycles. The van der Waals surface area contributed by atoms with Gasteiger partial charge in [0.05, 0.1) is 25.4 Å². The molecule has 2 atom stereocenters. The van der Waals surface area contributed by atoms with Crippen molar-refractivity contribution in [3.63, 3.8) is 0 Å². The Balaban J connectivity index is 1.47. The second-order valence-corrected chi connectivity index (χ2v) is 15.2. The number of aryl methyl sites for hydroxylation is 1. The van der Waals surface area contributed by atoms with Crippen molar-refractivity contribution in [2.24, 2.45) is 23.7 Å². The summed E-state index contributed by atoms with van der Waals surface area (Å²) in [6.07, 6.45) is 18.8. The molecule has 3 rings (SSSR count). The van der Waals surface area contributed by atoms with Crippen molar-refractivity contribution in [1.29, 1.82) is 0 Å². The third-order valence-electron chi connectivity index (χ3n) is 11.0. The van der Waals surface area contributed by atoms with E-state index in [1.165, 1.54) is 88.2 Å². The van der Waals surface area contributed by atoms with Crippen molar-refractivity contribution in [2.45, 2.75) is 154 Å². The lowest BCUT2D eigenvalue weighted by Gasteiger charge is -2.38. The van der Waals surface area contributed by atoms with Gasteiger partial charge in [0.1, 0.15) is 0 Å². The maximum absolute atomic E-state index is 12.5. The highest BCUT2D eigenvalue weighted by Crippen LogP contribution is 2.44. The van der Waals surface area contributed by atoms with Crippen LogP contribution in [-0.2, 0) is 25.5 Å². The monoisotopic (exact) mass is 666 g/mol. The second-order valence-electron chi connectivity index (χ2n) is 15.2. The number of aliphatic hydroxyl groups excluding tert-OH is 2. The third-order valence-corrected chi connectivity index (χ3v) is 11.0. The number of aliphatic hydroxyl groups is 2. The summed E-state index contributed by atoms with van der Waals surface area (Å²) in [5.41, 5.74) is 3.32. The quantitative estimate of drug-likeness (QED) is 0.0772. The average molecular weight is 667 g/mol. The minimum Gasteiger partial charge on any atom is -0.462 e. The van der Waals surface area contributed by atoms with E-state index >= 15 is 0 Å². The van der Waals surface area contributed by atoms with Crippen LogP contribution >= 0.6 is 0 Å². The van der Waals surface area contributed by atoms with Crippen molar-refractivity contribution in [3.05, 3.63) is 59.7 Å². The molecule has 2 fully saturated rings. The van der Waals surface area contributed by atoms with E-state index in [9.17, 15) is 19.8 Å². The summed E-state index contributed by atoms with van der Waals surface area (Å²) < 4.78 is 11.1. The molecule has 48 heavy (non-hydrogen) atoms. The first-order chi connectivity index (χ1) is 23.0. The van der Waals surface area contributed by atoms with Gasteiger partial charge in [-0.25, -0.2) is 9.59 Å². The SMILES string of the molecule is C=C(CCC(C)O)C(=O)OCC(CCc1ccc(C2CCC(C3CCC(CCCCC)CC3)CC2)cc1)COC(=O)C(=C)CCC(C)O. The van der Waals surface area contributed by atoms with Crippen molar-refractivity contribution in [3.8, 4) is 0 Å². The van der Waals surface area contributed by atoms with Crippen LogP contribution in [0.25, 0.3) is 0 Å². The second kappa shape index (κ2) is 21.6. The van der Waals surface area contributed by atoms with Crippen molar-refractivity contribution < 1.29 is 29.3 Å². The minimum atomic E-state index is -0.514. The molecule has 0 aromatic heterocycles. The smallest absolute Gasteiger partial charge is 0.333 e. The Hall–Kier alpha value is -2.44.